The van der Waals surface area contributed by atoms with E-state index in [0.29, 0.717) is 17.9 Å². The molecule has 1 N–H and O–H groups in total. The number of urea groups is 1. The Morgan fingerprint density at radius 2 is 1.80 bits per heavy atom. The molecule has 0 fully saturated rings. The Kier molecular flexibility index (Phi) is 5.48. The van der Waals surface area contributed by atoms with Crippen molar-refractivity contribution in [3.05, 3.63) is 77.0 Å². The fourth-order valence-corrected chi connectivity index (χ4v) is 4.26. The quantitative estimate of drug-likeness (QED) is 0.800. The number of rotatable bonds is 6. The van der Waals surface area contributed by atoms with Gasteiger partial charge in [0.25, 0.3) is 5.91 Å². The molecule has 0 radical (unpaired) electrons. The van der Waals surface area contributed by atoms with Crippen molar-refractivity contribution in [1.29, 1.82) is 0 Å². The standard InChI is InChI=1S/C24H27N3O3/c1-16(13-14-17-9-5-4-6-10-17)27-15-19-21(23(27)28)22(25-24(29)26(19)2)18-11-7-8-12-20(18)30-3/h4-12,16,22H,13-15H2,1-3H3,(H,25,29)/t16-,22-/m0/s1. The van der Waals surface area contributed by atoms with Gasteiger partial charge in [-0.3, -0.25) is 9.69 Å². The zero-order valence-corrected chi connectivity index (χ0v) is 17.6. The van der Waals surface area contributed by atoms with Gasteiger partial charge >= 0.3 is 6.03 Å². The lowest BCUT2D eigenvalue weighted by Gasteiger charge is -2.31. The van der Waals surface area contributed by atoms with E-state index in [1.807, 2.05) is 47.4 Å². The summed E-state index contributed by atoms with van der Waals surface area (Å²) in [5.41, 5.74) is 3.45. The Balaban J connectivity index is 1.59. The third-order valence-corrected chi connectivity index (χ3v) is 6.06. The Morgan fingerprint density at radius 3 is 2.53 bits per heavy atom. The summed E-state index contributed by atoms with van der Waals surface area (Å²) < 4.78 is 5.49. The number of likely N-dealkylation sites (N-methyl/N-ethyl adjacent to an activating group) is 1. The van der Waals surface area contributed by atoms with Crippen LogP contribution in [0.3, 0.4) is 0 Å². The first-order valence-corrected chi connectivity index (χ1v) is 10.3. The molecule has 30 heavy (non-hydrogen) atoms. The number of nitrogens with zero attached hydrogens (tertiary/aromatic N) is 2. The number of methoxy groups -OCH3 is 1. The average molecular weight is 405 g/mol. The number of carbonyl (C=O) groups excluding carboxylic acids is 2. The Hall–Kier alpha value is -3.28. The summed E-state index contributed by atoms with van der Waals surface area (Å²) >= 11 is 0. The lowest BCUT2D eigenvalue weighted by atomic mass is 9.95. The second-order valence-corrected chi connectivity index (χ2v) is 7.85. The van der Waals surface area contributed by atoms with Gasteiger partial charge in [0, 0.05) is 18.7 Å². The minimum atomic E-state index is -0.515. The van der Waals surface area contributed by atoms with Crippen LogP contribution in [0.4, 0.5) is 4.79 Å². The number of hydrogen-bond acceptors (Lipinski definition) is 3. The number of hydrogen-bond donors (Lipinski definition) is 1. The summed E-state index contributed by atoms with van der Waals surface area (Å²) in [4.78, 5) is 29.5. The normalized spacial score (nSPS) is 19.6. The highest BCUT2D eigenvalue weighted by Gasteiger charge is 2.44. The number of benzene rings is 2. The fraction of sp³-hybridized carbons (Fsp3) is 0.333. The van der Waals surface area contributed by atoms with E-state index >= 15 is 0 Å². The molecule has 2 aliphatic heterocycles. The number of amides is 3. The van der Waals surface area contributed by atoms with Gasteiger partial charge in [0.15, 0.2) is 0 Å². The van der Waals surface area contributed by atoms with Crippen LogP contribution in [0.15, 0.2) is 65.9 Å². The first kappa shape index (κ1) is 20.0. The van der Waals surface area contributed by atoms with Gasteiger partial charge in [-0.05, 0) is 31.4 Å². The fourth-order valence-electron chi connectivity index (χ4n) is 4.26. The van der Waals surface area contributed by atoms with E-state index in [1.54, 1.807) is 19.1 Å². The van der Waals surface area contributed by atoms with E-state index in [9.17, 15) is 9.59 Å². The molecule has 0 spiro atoms. The lowest BCUT2D eigenvalue weighted by Crippen LogP contribution is -2.45. The first-order valence-electron chi connectivity index (χ1n) is 10.3. The molecule has 0 bridgehead atoms. The largest absolute Gasteiger partial charge is 0.496 e. The van der Waals surface area contributed by atoms with Crippen LogP contribution in [-0.4, -0.2) is 48.5 Å². The molecule has 156 valence electrons. The number of carbonyl (C=O) groups is 2. The molecule has 4 rings (SSSR count). The van der Waals surface area contributed by atoms with Crippen LogP contribution in [0.25, 0.3) is 0 Å². The van der Waals surface area contributed by atoms with Crippen LogP contribution in [0.5, 0.6) is 5.75 Å². The zero-order chi connectivity index (χ0) is 21.3. The number of aryl methyl sites for hydroxylation is 1. The molecule has 6 nitrogen and oxygen atoms in total. The molecular weight excluding hydrogens is 378 g/mol. The van der Waals surface area contributed by atoms with E-state index in [2.05, 4.69) is 24.4 Å². The first-order chi connectivity index (χ1) is 14.5. The minimum Gasteiger partial charge on any atom is -0.496 e. The predicted octanol–water partition coefficient (Wildman–Crippen LogP) is 3.51. The van der Waals surface area contributed by atoms with Gasteiger partial charge in [-0.15, -0.1) is 0 Å². The predicted molar refractivity (Wildman–Crippen MR) is 115 cm³/mol. The maximum Gasteiger partial charge on any atom is 0.322 e. The second-order valence-electron chi connectivity index (χ2n) is 7.85. The van der Waals surface area contributed by atoms with Crippen LogP contribution >= 0.6 is 0 Å². The number of ether oxygens (including phenoxy) is 1. The summed E-state index contributed by atoms with van der Waals surface area (Å²) in [5.74, 6) is 0.635. The zero-order valence-electron chi connectivity index (χ0n) is 17.6. The number of para-hydroxylation sites is 1. The van der Waals surface area contributed by atoms with Gasteiger partial charge in [0.2, 0.25) is 0 Å². The second kappa shape index (κ2) is 8.22. The maximum absolute atomic E-state index is 13.5. The highest BCUT2D eigenvalue weighted by atomic mass is 16.5. The molecule has 0 saturated carbocycles. The van der Waals surface area contributed by atoms with Crippen molar-refractivity contribution in [1.82, 2.24) is 15.1 Å². The lowest BCUT2D eigenvalue weighted by molar-refractivity contribution is -0.127. The average Bonchev–Trinajstić information content (AvgIpc) is 3.13. The Bertz CT molecular complexity index is 986. The van der Waals surface area contributed by atoms with Gasteiger partial charge in [0.05, 0.1) is 31.0 Å². The molecule has 2 atom stereocenters. The van der Waals surface area contributed by atoms with E-state index < -0.39 is 6.04 Å². The Labute approximate surface area is 177 Å². The third-order valence-electron chi connectivity index (χ3n) is 6.06. The maximum atomic E-state index is 13.5. The van der Waals surface area contributed by atoms with Gasteiger partial charge in [-0.25, -0.2) is 4.79 Å². The summed E-state index contributed by atoms with van der Waals surface area (Å²) in [6, 6.07) is 17.1. The molecule has 0 saturated heterocycles. The van der Waals surface area contributed by atoms with E-state index in [-0.39, 0.29) is 18.0 Å². The molecule has 0 aliphatic carbocycles. The molecular formula is C24H27N3O3. The van der Waals surface area contributed by atoms with Gasteiger partial charge < -0.3 is 15.0 Å². The van der Waals surface area contributed by atoms with E-state index in [1.165, 1.54) is 5.56 Å². The summed E-state index contributed by atoms with van der Waals surface area (Å²) in [6.45, 7) is 2.52. The van der Waals surface area contributed by atoms with E-state index in [0.717, 1.165) is 24.1 Å². The van der Waals surface area contributed by atoms with Crippen LogP contribution in [0, 0.1) is 0 Å². The molecule has 0 aromatic heterocycles. The molecule has 6 heteroatoms. The van der Waals surface area contributed by atoms with Crippen molar-refractivity contribution in [2.24, 2.45) is 0 Å². The molecule has 2 aromatic carbocycles. The van der Waals surface area contributed by atoms with Crippen molar-refractivity contribution in [2.75, 3.05) is 20.7 Å². The van der Waals surface area contributed by atoms with Crippen molar-refractivity contribution in [3.63, 3.8) is 0 Å². The van der Waals surface area contributed by atoms with Crippen LogP contribution in [-0.2, 0) is 11.2 Å². The SMILES string of the molecule is COc1ccccc1[C@@H]1NC(=O)N(C)C2=C1C(=O)N([C@@H](C)CCc1ccccc1)C2. The van der Waals surface area contributed by atoms with Crippen LogP contribution in [0.2, 0.25) is 0 Å². The topological polar surface area (TPSA) is 61.9 Å². The van der Waals surface area contributed by atoms with Gasteiger partial charge in [-0.2, -0.15) is 0 Å². The summed E-state index contributed by atoms with van der Waals surface area (Å²) in [7, 11) is 3.31. The molecule has 2 aromatic rings. The highest BCUT2D eigenvalue weighted by Crippen LogP contribution is 2.39. The number of nitrogens with one attached hydrogen (secondary N) is 1. The molecule has 2 aliphatic rings. The smallest absolute Gasteiger partial charge is 0.322 e. The monoisotopic (exact) mass is 405 g/mol. The summed E-state index contributed by atoms with van der Waals surface area (Å²) in [6.07, 6.45) is 1.76. The van der Waals surface area contributed by atoms with Crippen LogP contribution < -0.4 is 10.1 Å². The highest BCUT2D eigenvalue weighted by molar-refractivity contribution is 6.01. The van der Waals surface area contributed by atoms with Crippen molar-refractivity contribution in [3.8, 4) is 5.75 Å². The molecule has 0 unspecified atom stereocenters. The van der Waals surface area contributed by atoms with Crippen molar-refractivity contribution >= 4 is 11.9 Å². The summed E-state index contributed by atoms with van der Waals surface area (Å²) in [5, 5.41) is 2.98. The Morgan fingerprint density at radius 1 is 1.10 bits per heavy atom. The van der Waals surface area contributed by atoms with Crippen LogP contribution in [0.1, 0.15) is 30.5 Å². The van der Waals surface area contributed by atoms with Crippen molar-refractivity contribution < 1.29 is 14.3 Å². The third kappa shape index (κ3) is 3.54. The van der Waals surface area contributed by atoms with Gasteiger partial charge in [0.1, 0.15) is 5.75 Å². The van der Waals surface area contributed by atoms with E-state index in [4.69, 9.17) is 4.74 Å². The van der Waals surface area contributed by atoms with Crippen molar-refractivity contribution in [2.45, 2.75) is 31.8 Å². The minimum absolute atomic E-state index is 0.0201. The van der Waals surface area contributed by atoms with Gasteiger partial charge in [-0.1, -0.05) is 48.5 Å². The molecule has 3 amide bonds. The molecule has 2 heterocycles.